The molecule has 2 aromatic heterocycles. The minimum atomic E-state index is -0.400. The van der Waals surface area contributed by atoms with Gasteiger partial charge in [-0.3, -0.25) is 0 Å². The van der Waals surface area contributed by atoms with E-state index in [0.29, 0.717) is 17.3 Å². The first kappa shape index (κ1) is 12.9. The predicted octanol–water partition coefficient (Wildman–Crippen LogP) is 3.85. The minimum Gasteiger partial charge on any atom is -0.461 e. The smallest absolute Gasteiger partial charge is 0.357 e. The van der Waals surface area contributed by atoms with E-state index in [1.54, 1.807) is 13.1 Å². The molecule has 3 rings (SSSR count). The van der Waals surface area contributed by atoms with E-state index >= 15 is 0 Å². The summed E-state index contributed by atoms with van der Waals surface area (Å²) in [5.74, 6) is -0.400. The Bertz CT molecular complexity index is 823. The van der Waals surface area contributed by atoms with Crippen molar-refractivity contribution >= 4 is 39.4 Å². The lowest BCUT2D eigenvalue weighted by atomic mass is 10.1. The average molecular weight is 289 g/mol. The van der Waals surface area contributed by atoms with Gasteiger partial charge >= 0.3 is 5.97 Å². The molecule has 0 spiro atoms. The molecule has 0 bridgehead atoms. The Morgan fingerprint density at radius 2 is 2.20 bits per heavy atom. The molecule has 0 aliphatic rings. The molecule has 0 radical (unpaired) electrons. The van der Waals surface area contributed by atoms with E-state index in [1.165, 1.54) is 0 Å². The van der Waals surface area contributed by atoms with Gasteiger partial charge in [0.15, 0.2) is 5.69 Å². The summed E-state index contributed by atoms with van der Waals surface area (Å²) < 4.78 is 5.03. The number of nitrogens with one attached hydrogen (secondary N) is 1. The molecule has 1 N–H and O–H groups in total. The second-order valence-corrected chi connectivity index (χ2v) is 4.99. The predicted molar refractivity (Wildman–Crippen MR) is 79.3 cm³/mol. The molecular formula is C15H13ClN2O2. The first-order chi connectivity index (χ1) is 9.61. The van der Waals surface area contributed by atoms with Crippen LogP contribution in [-0.4, -0.2) is 22.5 Å². The minimum absolute atomic E-state index is 0.331. The second kappa shape index (κ2) is 4.80. The average Bonchev–Trinajstić information content (AvgIpc) is 2.77. The van der Waals surface area contributed by atoms with Gasteiger partial charge in [-0.2, -0.15) is 0 Å². The number of benzene rings is 1. The molecule has 3 aromatic rings. The van der Waals surface area contributed by atoms with Gasteiger partial charge in [0.2, 0.25) is 0 Å². The van der Waals surface area contributed by atoms with Crippen molar-refractivity contribution in [1.82, 2.24) is 9.97 Å². The molecule has 0 atom stereocenters. The Hall–Kier alpha value is -2.07. The number of nitrogens with zero attached hydrogens (tertiary/aromatic N) is 1. The summed E-state index contributed by atoms with van der Waals surface area (Å²) >= 11 is 6.06. The Balaban J connectivity index is 2.32. The zero-order chi connectivity index (χ0) is 14.3. The van der Waals surface area contributed by atoms with Crippen molar-refractivity contribution in [3.05, 3.63) is 40.7 Å². The molecule has 0 saturated carbocycles. The van der Waals surface area contributed by atoms with Crippen molar-refractivity contribution in [2.45, 2.75) is 13.8 Å². The van der Waals surface area contributed by atoms with Gasteiger partial charge in [0.05, 0.1) is 18.3 Å². The molecule has 0 fully saturated rings. The molecule has 0 aliphatic carbocycles. The number of halogens is 1. The number of carbonyl (C=O) groups excluding carboxylic acids is 1. The summed E-state index contributed by atoms with van der Waals surface area (Å²) in [6, 6.07) is 5.63. The fourth-order valence-corrected chi connectivity index (χ4v) is 2.61. The van der Waals surface area contributed by atoms with Crippen molar-refractivity contribution in [1.29, 1.82) is 0 Å². The van der Waals surface area contributed by atoms with Crippen LogP contribution < -0.4 is 0 Å². The standard InChI is InChI=1S/C15H13ClN2O2/c1-3-20-15(19)14-8(2)13-10-6-9(16)4-5-11(10)18-12(13)7-17-14/h4-7,18H,3H2,1-2H3. The molecular weight excluding hydrogens is 276 g/mol. The van der Waals surface area contributed by atoms with Gasteiger partial charge in [-0.05, 0) is 37.6 Å². The van der Waals surface area contributed by atoms with Gasteiger partial charge in [0.25, 0.3) is 0 Å². The largest absolute Gasteiger partial charge is 0.461 e. The van der Waals surface area contributed by atoms with Gasteiger partial charge in [0.1, 0.15) is 0 Å². The summed E-state index contributed by atoms with van der Waals surface area (Å²) in [6.07, 6.45) is 1.66. The van der Waals surface area contributed by atoms with Crippen LogP contribution in [0.25, 0.3) is 21.8 Å². The highest BCUT2D eigenvalue weighted by atomic mass is 35.5. The number of ether oxygens (including phenoxy) is 1. The molecule has 0 amide bonds. The molecule has 0 saturated heterocycles. The van der Waals surface area contributed by atoms with Crippen LogP contribution in [-0.2, 0) is 4.74 Å². The van der Waals surface area contributed by atoms with E-state index in [1.807, 2.05) is 25.1 Å². The molecule has 0 aliphatic heterocycles. The molecule has 2 heterocycles. The summed E-state index contributed by atoms with van der Waals surface area (Å²) in [5.41, 5.74) is 3.00. The Kier molecular flexibility index (Phi) is 3.10. The number of hydrogen-bond donors (Lipinski definition) is 1. The third kappa shape index (κ3) is 1.93. The van der Waals surface area contributed by atoms with E-state index in [4.69, 9.17) is 16.3 Å². The van der Waals surface area contributed by atoms with E-state index in [0.717, 1.165) is 27.4 Å². The van der Waals surface area contributed by atoms with Crippen LogP contribution in [0.4, 0.5) is 0 Å². The highest BCUT2D eigenvalue weighted by Gasteiger charge is 2.17. The molecule has 4 nitrogen and oxygen atoms in total. The molecule has 1 aromatic carbocycles. The van der Waals surface area contributed by atoms with Crippen LogP contribution in [0.15, 0.2) is 24.4 Å². The van der Waals surface area contributed by atoms with E-state index in [9.17, 15) is 4.79 Å². The van der Waals surface area contributed by atoms with Gasteiger partial charge in [0, 0.05) is 21.3 Å². The van der Waals surface area contributed by atoms with Gasteiger partial charge < -0.3 is 9.72 Å². The van der Waals surface area contributed by atoms with Crippen molar-refractivity contribution < 1.29 is 9.53 Å². The number of rotatable bonds is 2. The number of pyridine rings is 1. The van der Waals surface area contributed by atoms with Crippen molar-refractivity contribution in [2.75, 3.05) is 6.61 Å². The number of fused-ring (bicyclic) bond motifs is 3. The highest BCUT2D eigenvalue weighted by molar-refractivity contribution is 6.32. The van der Waals surface area contributed by atoms with Gasteiger partial charge in [-0.1, -0.05) is 11.6 Å². The summed E-state index contributed by atoms with van der Waals surface area (Å²) in [5, 5.41) is 2.60. The second-order valence-electron chi connectivity index (χ2n) is 4.56. The van der Waals surface area contributed by atoms with Gasteiger partial charge in [-0.15, -0.1) is 0 Å². The van der Waals surface area contributed by atoms with E-state index in [2.05, 4.69) is 9.97 Å². The number of carbonyl (C=O) groups is 1. The highest BCUT2D eigenvalue weighted by Crippen LogP contribution is 2.31. The quantitative estimate of drug-likeness (QED) is 0.729. The topological polar surface area (TPSA) is 55.0 Å². The number of aromatic amines is 1. The summed E-state index contributed by atoms with van der Waals surface area (Å²) in [4.78, 5) is 19.4. The monoisotopic (exact) mass is 288 g/mol. The Morgan fingerprint density at radius 1 is 1.40 bits per heavy atom. The van der Waals surface area contributed by atoms with Crippen LogP contribution >= 0.6 is 11.6 Å². The lowest BCUT2D eigenvalue weighted by Gasteiger charge is -2.05. The van der Waals surface area contributed by atoms with E-state index < -0.39 is 5.97 Å². The lowest BCUT2D eigenvalue weighted by Crippen LogP contribution is -2.09. The van der Waals surface area contributed by atoms with Gasteiger partial charge in [-0.25, -0.2) is 9.78 Å². The summed E-state index contributed by atoms with van der Waals surface area (Å²) in [7, 11) is 0. The number of aromatic nitrogens is 2. The zero-order valence-corrected chi connectivity index (χ0v) is 11.9. The normalized spacial score (nSPS) is 11.2. The number of hydrogen-bond acceptors (Lipinski definition) is 3. The molecule has 0 unspecified atom stereocenters. The van der Waals surface area contributed by atoms with Crippen molar-refractivity contribution in [3.8, 4) is 0 Å². The van der Waals surface area contributed by atoms with Crippen LogP contribution in [0, 0.1) is 6.92 Å². The maximum atomic E-state index is 11.9. The van der Waals surface area contributed by atoms with Crippen LogP contribution in [0.1, 0.15) is 23.0 Å². The first-order valence-electron chi connectivity index (χ1n) is 6.35. The van der Waals surface area contributed by atoms with Crippen LogP contribution in [0.5, 0.6) is 0 Å². The Labute approximate surface area is 120 Å². The first-order valence-corrected chi connectivity index (χ1v) is 6.73. The molecule has 20 heavy (non-hydrogen) atoms. The SMILES string of the molecule is CCOC(=O)c1ncc2[nH]c3ccc(Cl)cc3c2c1C. The maximum absolute atomic E-state index is 11.9. The lowest BCUT2D eigenvalue weighted by molar-refractivity contribution is 0.0519. The third-order valence-electron chi connectivity index (χ3n) is 3.31. The fraction of sp³-hybridized carbons (Fsp3) is 0.200. The summed E-state index contributed by atoms with van der Waals surface area (Å²) in [6.45, 7) is 3.98. The molecule has 102 valence electrons. The van der Waals surface area contributed by atoms with Crippen molar-refractivity contribution in [3.63, 3.8) is 0 Å². The van der Waals surface area contributed by atoms with Crippen LogP contribution in [0.3, 0.4) is 0 Å². The number of aryl methyl sites for hydroxylation is 1. The third-order valence-corrected chi connectivity index (χ3v) is 3.55. The maximum Gasteiger partial charge on any atom is 0.357 e. The number of esters is 1. The van der Waals surface area contributed by atoms with E-state index in [-0.39, 0.29) is 0 Å². The van der Waals surface area contributed by atoms with Crippen LogP contribution in [0.2, 0.25) is 5.02 Å². The Morgan fingerprint density at radius 3 is 2.95 bits per heavy atom. The van der Waals surface area contributed by atoms with Crippen molar-refractivity contribution in [2.24, 2.45) is 0 Å². The fourth-order valence-electron chi connectivity index (χ4n) is 2.44. The number of H-pyrrole nitrogens is 1. The molecule has 5 heteroatoms. The zero-order valence-electron chi connectivity index (χ0n) is 11.2.